The maximum atomic E-state index is 10.6. The molecule has 0 aliphatic heterocycles. The monoisotopic (exact) mass is 166 g/mol. The van der Waals surface area contributed by atoms with Crippen molar-refractivity contribution in [2.75, 3.05) is 0 Å². The van der Waals surface area contributed by atoms with Gasteiger partial charge in [-0.3, -0.25) is 0 Å². The fourth-order valence-electron chi connectivity index (χ4n) is 1.73. The number of carbonyl (C=O) groups is 1. The van der Waals surface area contributed by atoms with Gasteiger partial charge in [0, 0.05) is 6.42 Å². The third-order valence-electron chi connectivity index (χ3n) is 2.47. The molecule has 1 aliphatic rings. The van der Waals surface area contributed by atoms with Crippen LogP contribution in [0, 0.1) is 5.92 Å². The highest BCUT2D eigenvalue weighted by Gasteiger charge is 2.10. The summed E-state index contributed by atoms with van der Waals surface area (Å²) in [4.78, 5) is 10.6. The average Bonchev–Trinajstić information content (AvgIpc) is 2.49. The molecule has 0 amide bonds. The Hall–Kier alpha value is -0.590. The van der Waals surface area contributed by atoms with Crippen LogP contribution in [0.4, 0.5) is 0 Å². The van der Waals surface area contributed by atoms with Crippen LogP contribution in [0.25, 0.3) is 0 Å². The molecule has 0 spiro atoms. The number of hydrogen-bond acceptors (Lipinski definition) is 1. The molecule has 0 atom stereocenters. The summed E-state index contributed by atoms with van der Waals surface area (Å²) in [6.07, 6.45) is 11.6. The van der Waals surface area contributed by atoms with E-state index in [-0.39, 0.29) is 0 Å². The molecule has 0 aromatic rings. The summed E-state index contributed by atoms with van der Waals surface area (Å²) < 4.78 is 0. The van der Waals surface area contributed by atoms with E-state index in [2.05, 4.69) is 12.2 Å². The van der Waals surface area contributed by atoms with Crippen LogP contribution >= 0.6 is 0 Å². The zero-order chi connectivity index (χ0) is 8.81. The molecule has 0 radical (unpaired) electrons. The van der Waals surface area contributed by atoms with Crippen LogP contribution in [0.3, 0.4) is 0 Å². The Morgan fingerprint density at radius 1 is 1.42 bits per heavy atom. The van der Waals surface area contributed by atoms with Crippen LogP contribution in [0.5, 0.6) is 0 Å². The summed E-state index contributed by atoms with van der Waals surface area (Å²) in [5, 5.41) is 0. The summed E-state index contributed by atoms with van der Waals surface area (Å²) in [6.45, 7) is 1.66. The Bertz CT molecular complexity index is 164. The van der Waals surface area contributed by atoms with Gasteiger partial charge in [0.25, 0.3) is 0 Å². The normalized spacial score (nSPS) is 19.1. The third-order valence-corrected chi connectivity index (χ3v) is 2.47. The Morgan fingerprint density at radius 2 is 2.08 bits per heavy atom. The lowest BCUT2D eigenvalue weighted by Crippen LogP contribution is -1.88. The summed E-state index contributed by atoms with van der Waals surface area (Å²) in [5.74, 6) is 1.11. The van der Waals surface area contributed by atoms with Gasteiger partial charge in [0.1, 0.15) is 5.78 Å². The Labute approximate surface area is 74.9 Å². The lowest BCUT2D eigenvalue weighted by atomic mass is 10.1. The van der Waals surface area contributed by atoms with E-state index in [0.29, 0.717) is 12.2 Å². The van der Waals surface area contributed by atoms with E-state index in [1.54, 1.807) is 6.92 Å². The molecule has 0 unspecified atom stereocenters. The molecular formula is C11H18O. The molecule has 0 saturated heterocycles. The number of hydrogen-bond donors (Lipinski definition) is 0. The van der Waals surface area contributed by atoms with Crippen molar-refractivity contribution in [1.82, 2.24) is 0 Å². The van der Waals surface area contributed by atoms with Crippen molar-refractivity contribution >= 4 is 5.78 Å². The van der Waals surface area contributed by atoms with Gasteiger partial charge in [-0.25, -0.2) is 0 Å². The fraction of sp³-hybridized carbons (Fsp3) is 0.727. The Morgan fingerprint density at radius 3 is 2.67 bits per heavy atom. The SMILES string of the molecule is CC(=O)CCC=CC1CCCC1. The first-order valence-corrected chi connectivity index (χ1v) is 4.95. The van der Waals surface area contributed by atoms with Crippen molar-refractivity contribution in [2.45, 2.75) is 45.4 Å². The van der Waals surface area contributed by atoms with Crippen molar-refractivity contribution in [3.05, 3.63) is 12.2 Å². The summed E-state index contributed by atoms with van der Waals surface area (Å²) in [5.41, 5.74) is 0. The van der Waals surface area contributed by atoms with Gasteiger partial charge in [0.05, 0.1) is 0 Å². The lowest BCUT2D eigenvalue weighted by Gasteiger charge is -1.98. The number of Topliss-reactive ketones (excluding diaryl/α,β-unsaturated/α-hetero) is 1. The minimum atomic E-state index is 0.297. The second-order valence-corrected chi connectivity index (χ2v) is 3.71. The van der Waals surface area contributed by atoms with Crippen LogP contribution < -0.4 is 0 Å². The highest BCUT2D eigenvalue weighted by atomic mass is 16.1. The molecule has 1 saturated carbocycles. The van der Waals surface area contributed by atoms with Gasteiger partial charge in [-0.2, -0.15) is 0 Å². The largest absolute Gasteiger partial charge is 0.300 e. The van der Waals surface area contributed by atoms with Gasteiger partial charge in [-0.1, -0.05) is 25.0 Å². The molecule has 0 bridgehead atoms. The third kappa shape index (κ3) is 3.70. The highest BCUT2D eigenvalue weighted by Crippen LogP contribution is 2.25. The predicted octanol–water partition coefficient (Wildman–Crippen LogP) is 3.10. The van der Waals surface area contributed by atoms with Crippen LogP contribution in [0.2, 0.25) is 0 Å². The minimum absolute atomic E-state index is 0.297. The number of allylic oxidation sites excluding steroid dienone is 2. The lowest BCUT2D eigenvalue weighted by molar-refractivity contribution is -0.116. The van der Waals surface area contributed by atoms with Gasteiger partial charge in [-0.15, -0.1) is 0 Å². The van der Waals surface area contributed by atoms with E-state index < -0.39 is 0 Å². The first-order valence-electron chi connectivity index (χ1n) is 4.95. The summed E-state index contributed by atoms with van der Waals surface area (Å²) in [6, 6.07) is 0. The van der Waals surface area contributed by atoms with E-state index in [4.69, 9.17) is 0 Å². The molecule has 68 valence electrons. The van der Waals surface area contributed by atoms with E-state index in [9.17, 15) is 4.79 Å². The number of carbonyl (C=O) groups excluding carboxylic acids is 1. The summed E-state index contributed by atoms with van der Waals surface area (Å²) >= 11 is 0. The van der Waals surface area contributed by atoms with Crippen LogP contribution in [-0.2, 0) is 4.79 Å². The number of ketones is 1. The smallest absolute Gasteiger partial charge is 0.130 e. The first-order chi connectivity index (χ1) is 5.79. The van der Waals surface area contributed by atoms with E-state index in [0.717, 1.165) is 12.3 Å². The van der Waals surface area contributed by atoms with Gasteiger partial charge in [0.15, 0.2) is 0 Å². The topological polar surface area (TPSA) is 17.1 Å². The molecular weight excluding hydrogens is 148 g/mol. The Kier molecular flexibility index (Phi) is 4.06. The molecule has 0 N–H and O–H groups in total. The molecule has 1 aliphatic carbocycles. The fourth-order valence-corrected chi connectivity index (χ4v) is 1.73. The van der Waals surface area contributed by atoms with Crippen molar-refractivity contribution in [2.24, 2.45) is 5.92 Å². The van der Waals surface area contributed by atoms with Crippen molar-refractivity contribution < 1.29 is 4.79 Å². The maximum Gasteiger partial charge on any atom is 0.130 e. The van der Waals surface area contributed by atoms with Crippen LogP contribution in [0.1, 0.15) is 45.4 Å². The molecule has 1 fully saturated rings. The molecule has 1 rings (SSSR count). The van der Waals surface area contributed by atoms with Crippen LogP contribution in [-0.4, -0.2) is 5.78 Å². The molecule has 1 heteroatoms. The van der Waals surface area contributed by atoms with Crippen molar-refractivity contribution in [3.8, 4) is 0 Å². The standard InChI is InChI=1S/C11H18O/c1-10(12)6-2-3-7-11-8-4-5-9-11/h3,7,11H,2,4-6,8-9H2,1H3. The predicted molar refractivity (Wildman–Crippen MR) is 51.0 cm³/mol. The highest BCUT2D eigenvalue weighted by molar-refractivity contribution is 5.75. The second kappa shape index (κ2) is 5.13. The van der Waals surface area contributed by atoms with E-state index in [1.807, 2.05) is 0 Å². The molecule has 1 nitrogen and oxygen atoms in total. The first kappa shape index (κ1) is 9.50. The van der Waals surface area contributed by atoms with Crippen LogP contribution in [0.15, 0.2) is 12.2 Å². The van der Waals surface area contributed by atoms with E-state index in [1.165, 1.54) is 25.7 Å². The molecule has 0 aromatic heterocycles. The van der Waals surface area contributed by atoms with Gasteiger partial charge in [-0.05, 0) is 32.1 Å². The summed E-state index contributed by atoms with van der Waals surface area (Å²) in [7, 11) is 0. The molecule has 0 heterocycles. The van der Waals surface area contributed by atoms with Gasteiger partial charge in [0.2, 0.25) is 0 Å². The van der Waals surface area contributed by atoms with Crippen molar-refractivity contribution in [3.63, 3.8) is 0 Å². The molecule has 12 heavy (non-hydrogen) atoms. The second-order valence-electron chi connectivity index (χ2n) is 3.71. The zero-order valence-electron chi connectivity index (χ0n) is 7.88. The maximum absolute atomic E-state index is 10.6. The van der Waals surface area contributed by atoms with Crippen molar-refractivity contribution in [1.29, 1.82) is 0 Å². The molecule has 0 aromatic carbocycles. The minimum Gasteiger partial charge on any atom is -0.300 e. The average molecular weight is 166 g/mol. The number of rotatable bonds is 4. The van der Waals surface area contributed by atoms with Gasteiger partial charge >= 0.3 is 0 Å². The zero-order valence-corrected chi connectivity index (χ0v) is 7.88. The van der Waals surface area contributed by atoms with E-state index >= 15 is 0 Å². The Balaban J connectivity index is 2.08. The quantitative estimate of drug-likeness (QED) is 0.586. The van der Waals surface area contributed by atoms with Gasteiger partial charge < -0.3 is 4.79 Å².